The fourth-order valence-electron chi connectivity index (χ4n) is 3.04. The van der Waals surface area contributed by atoms with Gasteiger partial charge in [-0.05, 0) is 49.2 Å². The molecule has 1 aliphatic heterocycles. The normalized spacial score (nSPS) is 12.6. The van der Waals surface area contributed by atoms with Crippen molar-refractivity contribution in [3.63, 3.8) is 0 Å². The van der Waals surface area contributed by atoms with Crippen LogP contribution in [0.15, 0.2) is 42.5 Å². The predicted molar refractivity (Wildman–Crippen MR) is 98.4 cm³/mol. The Kier molecular flexibility index (Phi) is 5.03. The van der Waals surface area contributed by atoms with E-state index in [1.807, 2.05) is 50.2 Å². The maximum Gasteiger partial charge on any atom is 0.255 e. The molecular formula is C20H22N2O3. The van der Waals surface area contributed by atoms with Crippen LogP contribution in [0.2, 0.25) is 0 Å². The highest BCUT2D eigenvalue weighted by Gasteiger charge is 2.24. The number of nitrogens with one attached hydrogen (secondary N) is 1. The van der Waals surface area contributed by atoms with Crippen LogP contribution < -0.4 is 15.0 Å². The van der Waals surface area contributed by atoms with Crippen molar-refractivity contribution in [2.75, 3.05) is 23.4 Å². The molecule has 0 saturated carbocycles. The zero-order chi connectivity index (χ0) is 17.8. The van der Waals surface area contributed by atoms with Gasteiger partial charge in [0.15, 0.2) is 0 Å². The second kappa shape index (κ2) is 7.38. The van der Waals surface area contributed by atoms with Crippen LogP contribution >= 0.6 is 0 Å². The van der Waals surface area contributed by atoms with Gasteiger partial charge in [-0.3, -0.25) is 9.59 Å². The first kappa shape index (κ1) is 17.0. The van der Waals surface area contributed by atoms with Gasteiger partial charge in [0.1, 0.15) is 5.75 Å². The molecule has 1 heterocycles. The van der Waals surface area contributed by atoms with E-state index in [0.29, 0.717) is 36.6 Å². The SMILES string of the molecule is CCOc1ccccc1NC(=O)c1ccc2c(c1)CCN2C(=O)CC. The number of ether oxygens (including phenoxy) is 1. The molecule has 25 heavy (non-hydrogen) atoms. The van der Waals surface area contributed by atoms with Crippen molar-refractivity contribution >= 4 is 23.2 Å². The molecule has 0 bridgehead atoms. The minimum atomic E-state index is -0.185. The molecule has 0 aliphatic carbocycles. The quantitative estimate of drug-likeness (QED) is 0.905. The van der Waals surface area contributed by atoms with Crippen LogP contribution in [0.25, 0.3) is 0 Å². The maximum atomic E-state index is 12.6. The predicted octanol–water partition coefficient (Wildman–Crippen LogP) is 3.64. The van der Waals surface area contributed by atoms with E-state index in [1.54, 1.807) is 11.0 Å². The number of hydrogen-bond acceptors (Lipinski definition) is 3. The number of rotatable bonds is 5. The largest absolute Gasteiger partial charge is 0.492 e. The fraction of sp³-hybridized carbons (Fsp3) is 0.300. The lowest BCUT2D eigenvalue weighted by Crippen LogP contribution is -2.27. The molecule has 0 radical (unpaired) electrons. The highest BCUT2D eigenvalue weighted by Crippen LogP contribution is 2.30. The van der Waals surface area contributed by atoms with Crippen LogP contribution in [0.4, 0.5) is 11.4 Å². The van der Waals surface area contributed by atoms with E-state index in [9.17, 15) is 9.59 Å². The zero-order valence-electron chi connectivity index (χ0n) is 14.5. The van der Waals surface area contributed by atoms with E-state index < -0.39 is 0 Å². The Morgan fingerprint density at radius 2 is 1.96 bits per heavy atom. The van der Waals surface area contributed by atoms with Crippen molar-refractivity contribution in [1.29, 1.82) is 0 Å². The first-order valence-corrected chi connectivity index (χ1v) is 8.60. The Balaban J connectivity index is 1.80. The summed E-state index contributed by atoms with van der Waals surface area (Å²) in [5.74, 6) is 0.580. The van der Waals surface area contributed by atoms with Crippen LogP contribution in [0.3, 0.4) is 0 Å². The van der Waals surface area contributed by atoms with Crippen LogP contribution in [0, 0.1) is 0 Å². The van der Waals surface area contributed by atoms with E-state index >= 15 is 0 Å². The Labute approximate surface area is 147 Å². The summed E-state index contributed by atoms with van der Waals surface area (Å²) in [6.07, 6.45) is 1.26. The van der Waals surface area contributed by atoms with E-state index in [2.05, 4.69) is 5.32 Å². The lowest BCUT2D eigenvalue weighted by molar-refractivity contribution is -0.118. The number of carbonyl (C=O) groups excluding carboxylic acids is 2. The van der Waals surface area contributed by atoms with Crippen LogP contribution in [0.1, 0.15) is 36.2 Å². The van der Waals surface area contributed by atoms with Gasteiger partial charge in [0.05, 0.1) is 12.3 Å². The molecule has 5 nitrogen and oxygen atoms in total. The van der Waals surface area contributed by atoms with E-state index in [-0.39, 0.29) is 11.8 Å². The molecule has 2 aromatic carbocycles. The van der Waals surface area contributed by atoms with Gasteiger partial charge < -0.3 is 15.0 Å². The van der Waals surface area contributed by atoms with Gasteiger partial charge in [-0.2, -0.15) is 0 Å². The number of nitrogens with zero attached hydrogens (tertiary/aromatic N) is 1. The van der Waals surface area contributed by atoms with Crippen LogP contribution in [0.5, 0.6) is 5.75 Å². The van der Waals surface area contributed by atoms with Crippen molar-refractivity contribution in [3.8, 4) is 5.75 Å². The number of hydrogen-bond donors (Lipinski definition) is 1. The molecular weight excluding hydrogens is 316 g/mol. The second-order valence-corrected chi connectivity index (χ2v) is 5.88. The third-order valence-corrected chi connectivity index (χ3v) is 4.28. The Hall–Kier alpha value is -2.82. The lowest BCUT2D eigenvalue weighted by Gasteiger charge is -2.16. The molecule has 0 atom stereocenters. The summed E-state index contributed by atoms with van der Waals surface area (Å²) in [6, 6.07) is 12.9. The molecule has 0 spiro atoms. The third-order valence-electron chi connectivity index (χ3n) is 4.28. The molecule has 3 rings (SSSR count). The van der Waals surface area contributed by atoms with Gasteiger partial charge >= 0.3 is 0 Å². The first-order chi connectivity index (χ1) is 12.1. The van der Waals surface area contributed by atoms with Gasteiger partial charge in [0.2, 0.25) is 5.91 Å². The highest BCUT2D eigenvalue weighted by atomic mass is 16.5. The molecule has 2 amide bonds. The van der Waals surface area contributed by atoms with E-state index in [0.717, 1.165) is 17.7 Å². The summed E-state index contributed by atoms with van der Waals surface area (Å²) in [6.45, 7) is 4.98. The van der Waals surface area contributed by atoms with Gasteiger partial charge in [-0.25, -0.2) is 0 Å². The molecule has 1 N–H and O–H groups in total. The van der Waals surface area contributed by atoms with E-state index in [1.165, 1.54) is 0 Å². The minimum Gasteiger partial charge on any atom is -0.492 e. The van der Waals surface area contributed by atoms with Gasteiger partial charge in [-0.15, -0.1) is 0 Å². The molecule has 0 aromatic heterocycles. The van der Waals surface area contributed by atoms with Gasteiger partial charge in [0.25, 0.3) is 5.91 Å². The van der Waals surface area contributed by atoms with Crippen LogP contribution in [-0.4, -0.2) is 25.0 Å². The van der Waals surface area contributed by atoms with Crippen molar-refractivity contribution < 1.29 is 14.3 Å². The Morgan fingerprint density at radius 1 is 1.16 bits per heavy atom. The summed E-state index contributed by atoms with van der Waals surface area (Å²) in [4.78, 5) is 26.4. The number of fused-ring (bicyclic) bond motifs is 1. The monoisotopic (exact) mass is 338 g/mol. The van der Waals surface area contributed by atoms with E-state index in [4.69, 9.17) is 4.74 Å². The summed E-state index contributed by atoms with van der Waals surface area (Å²) in [7, 11) is 0. The number of benzene rings is 2. The lowest BCUT2D eigenvalue weighted by atomic mass is 10.1. The molecule has 0 saturated heterocycles. The molecule has 2 aromatic rings. The molecule has 130 valence electrons. The highest BCUT2D eigenvalue weighted by molar-refractivity contribution is 6.06. The van der Waals surface area contributed by atoms with Gasteiger partial charge in [0, 0.05) is 24.2 Å². The number of carbonyl (C=O) groups is 2. The topological polar surface area (TPSA) is 58.6 Å². The second-order valence-electron chi connectivity index (χ2n) is 5.88. The average molecular weight is 338 g/mol. The molecule has 1 aliphatic rings. The minimum absolute atomic E-state index is 0.113. The number of para-hydroxylation sites is 2. The van der Waals surface area contributed by atoms with Gasteiger partial charge in [-0.1, -0.05) is 19.1 Å². The Bertz CT molecular complexity index is 801. The first-order valence-electron chi connectivity index (χ1n) is 8.60. The van der Waals surface area contributed by atoms with Crippen LogP contribution in [-0.2, 0) is 11.2 Å². The average Bonchev–Trinajstić information content (AvgIpc) is 3.06. The summed E-state index contributed by atoms with van der Waals surface area (Å²) < 4.78 is 5.54. The maximum absolute atomic E-state index is 12.6. The fourth-order valence-corrected chi connectivity index (χ4v) is 3.04. The Morgan fingerprint density at radius 3 is 2.72 bits per heavy atom. The number of amides is 2. The number of anilines is 2. The smallest absolute Gasteiger partial charge is 0.255 e. The zero-order valence-corrected chi connectivity index (χ0v) is 14.5. The molecule has 0 fully saturated rings. The van der Waals surface area contributed by atoms with Crippen molar-refractivity contribution in [2.45, 2.75) is 26.7 Å². The summed E-state index contributed by atoms with van der Waals surface area (Å²) in [5, 5.41) is 2.90. The molecule has 0 unspecified atom stereocenters. The summed E-state index contributed by atoms with van der Waals surface area (Å²) >= 11 is 0. The van der Waals surface area contributed by atoms with Crippen molar-refractivity contribution in [1.82, 2.24) is 0 Å². The van der Waals surface area contributed by atoms with Crippen molar-refractivity contribution in [2.24, 2.45) is 0 Å². The van der Waals surface area contributed by atoms with Crippen molar-refractivity contribution in [3.05, 3.63) is 53.6 Å². The molecule has 5 heteroatoms. The third kappa shape index (κ3) is 3.50. The standard InChI is InChI=1S/C20H22N2O3/c1-3-19(23)22-12-11-14-13-15(9-10-17(14)22)20(24)21-16-7-5-6-8-18(16)25-4-2/h5-10,13H,3-4,11-12H2,1-2H3,(H,21,24). The summed E-state index contributed by atoms with van der Waals surface area (Å²) in [5.41, 5.74) is 3.18.